The number of alkyl halides is 2. The summed E-state index contributed by atoms with van der Waals surface area (Å²) in [5.41, 5.74) is -2.62. The Morgan fingerprint density at radius 2 is 2.21 bits per heavy atom. The van der Waals surface area contributed by atoms with Gasteiger partial charge < -0.3 is 4.74 Å². The minimum absolute atomic E-state index is 0.0556. The van der Waals surface area contributed by atoms with Gasteiger partial charge in [0.05, 0.1) is 23.2 Å². The molecule has 1 rings (SSSR count). The Bertz CT molecular complexity index is 567. The van der Waals surface area contributed by atoms with Crippen molar-refractivity contribution in [1.29, 1.82) is 5.26 Å². The quantitative estimate of drug-likeness (QED) is 0.476. The Labute approximate surface area is 106 Å². The highest BCUT2D eigenvalue weighted by Crippen LogP contribution is 2.30. The lowest BCUT2D eigenvalue weighted by molar-refractivity contribution is -0.385. The normalized spacial score (nSPS) is 10.1. The van der Waals surface area contributed by atoms with Crippen LogP contribution in [0.2, 0.25) is 0 Å². The fourth-order valence-electron chi connectivity index (χ4n) is 1.41. The third kappa shape index (κ3) is 3.01. The van der Waals surface area contributed by atoms with E-state index in [0.717, 1.165) is 0 Å². The smallest absolute Gasteiger partial charge is 0.345 e. The largest absolute Gasteiger partial charge is 0.462 e. The fourth-order valence-corrected chi connectivity index (χ4v) is 1.41. The average Bonchev–Trinajstić information content (AvgIpc) is 2.37. The van der Waals surface area contributed by atoms with Crippen LogP contribution >= 0.6 is 0 Å². The lowest BCUT2D eigenvalue weighted by Crippen LogP contribution is -2.10. The van der Waals surface area contributed by atoms with Crippen molar-refractivity contribution in [2.45, 2.75) is 13.3 Å². The van der Waals surface area contributed by atoms with E-state index in [2.05, 4.69) is 4.74 Å². The molecule has 0 aliphatic heterocycles. The van der Waals surface area contributed by atoms with Gasteiger partial charge in [-0.15, -0.1) is 0 Å². The summed E-state index contributed by atoms with van der Waals surface area (Å²) in [4.78, 5) is 21.3. The topological polar surface area (TPSA) is 93.2 Å². The van der Waals surface area contributed by atoms with E-state index in [1.54, 1.807) is 0 Å². The van der Waals surface area contributed by atoms with Crippen LogP contribution in [-0.2, 0) is 4.74 Å². The second-order valence-electron chi connectivity index (χ2n) is 3.35. The Morgan fingerprint density at radius 1 is 1.58 bits per heavy atom. The number of nitro benzene ring substituents is 1. The highest BCUT2D eigenvalue weighted by Gasteiger charge is 2.27. The highest BCUT2D eigenvalue weighted by atomic mass is 19.3. The number of carbonyl (C=O) groups excluding carboxylic acids is 1. The van der Waals surface area contributed by atoms with E-state index in [1.807, 2.05) is 0 Å². The molecule has 0 aromatic heterocycles. The Balaban J connectivity index is 3.51. The third-order valence-electron chi connectivity index (χ3n) is 2.22. The Kier molecular flexibility index (Phi) is 4.47. The number of rotatable bonds is 4. The summed E-state index contributed by atoms with van der Waals surface area (Å²) >= 11 is 0. The maximum absolute atomic E-state index is 12.7. The first-order valence-corrected chi connectivity index (χ1v) is 5.10. The lowest BCUT2D eigenvalue weighted by Gasteiger charge is -2.07. The van der Waals surface area contributed by atoms with Gasteiger partial charge in [-0.3, -0.25) is 10.1 Å². The highest BCUT2D eigenvalue weighted by molar-refractivity contribution is 5.94. The lowest BCUT2D eigenvalue weighted by atomic mass is 10.0. The van der Waals surface area contributed by atoms with Crippen LogP contribution in [0.5, 0.6) is 0 Å². The van der Waals surface area contributed by atoms with E-state index in [4.69, 9.17) is 5.26 Å². The van der Waals surface area contributed by atoms with Gasteiger partial charge in [-0.05, 0) is 13.0 Å². The molecule has 0 heterocycles. The van der Waals surface area contributed by atoms with Gasteiger partial charge in [0, 0.05) is 11.6 Å². The summed E-state index contributed by atoms with van der Waals surface area (Å²) in [5, 5.41) is 19.5. The van der Waals surface area contributed by atoms with Gasteiger partial charge in [-0.2, -0.15) is 5.26 Å². The molecule has 0 N–H and O–H groups in total. The van der Waals surface area contributed by atoms with Crippen LogP contribution in [0.25, 0.3) is 0 Å². The maximum Gasteiger partial charge on any atom is 0.345 e. The first-order valence-electron chi connectivity index (χ1n) is 5.10. The summed E-state index contributed by atoms with van der Waals surface area (Å²) in [6, 6.07) is 2.70. The molecule has 1 aromatic rings. The number of hydrogen-bond donors (Lipinski definition) is 0. The number of nitriles is 1. The monoisotopic (exact) mass is 270 g/mol. The number of benzene rings is 1. The molecule has 0 amide bonds. The van der Waals surface area contributed by atoms with Crippen LogP contribution in [0.4, 0.5) is 14.5 Å². The van der Waals surface area contributed by atoms with E-state index < -0.39 is 39.7 Å². The van der Waals surface area contributed by atoms with E-state index in [9.17, 15) is 23.7 Å². The zero-order valence-electron chi connectivity index (χ0n) is 9.72. The third-order valence-corrected chi connectivity index (χ3v) is 2.22. The Morgan fingerprint density at radius 3 is 2.63 bits per heavy atom. The first-order chi connectivity index (χ1) is 8.92. The molecule has 0 aliphatic carbocycles. The second-order valence-corrected chi connectivity index (χ2v) is 3.35. The molecule has 0 saturated heterocycles. The average molecular weight is 270 g/mol. The molecule has 6 nitrogen and oxygen atoms in total. The van der Waals surface area contributed by atoms with Crippen LogP contribution in [-0.4, -0.2) is 17.5 Å². The molecule has 0 unspecified atom stereocenters. The maximum atomic E-state index is 12.7. The number of esters is 1. The van der Waals surface area contributed by atoms with Crippen LogP contribution in [0.15, 0.2) is 12.1 Å². The molecule has 0 bridgehead atoms. The number of ether oxygens (including phenoxy) is 1. The van der Waals surface area contributed by atoms with E-state index in [1.165, 1.54) is 13.0 Å². The predicted octanol–water partition coefficient (Wildman–Crippen LogP) is 2.58. The van der Waals surface area contributed by atoms with E-state index >= 15 is 0 Å². The molecule has 1 aromatic carbocycles. The van der Waals surface area contributed by atoms with Crippen molar-refractivity contribution in [1.82, 2.24) is 0 Å². The summed E-state index contributed by atoms with van der Waals surface area (Å²) in [6.45, 7) is 1.42. The van der Waals surface area contributed by atoms with Gasteiger partial charge in [0.25, 0.3) is 12.1 Å². The summed E-state index contributed by atoms with van der Waals surface area (Å²) in [5.74, 6) is -1.08. The molecule has 0 fully saturated rings. The van der Waals surface area contributed by atoms with Crippen molar-refractivity contribution < 1.29 is 23.2 Å². The first kappa shape index (κ1) is 14.5. The number of nitro groups is 1. The number of carbonyl (C=O) groups is 1. The van der Waals surface area contributed by atoms with Crippen molar-refractivity contribution in [3.63, 3.8) is 0 Å². The number of hydrogen-bond acceptors (Lipinski definition) is 5. The number of nitrogens with zero attached hydrogens (tertiary/aromatic N) is 2. The van der Waals surface area contributed by atoms with Crippen LogP contribution < -0.4 is 0 Å². The molecular weight excluding hydrogens is 262 g/mol. The molecule has 8 heteroatoms. The van der Waals surface area contributed by atoms with Gasteiger partial charge in [-0.25, -0.2) is 13.6 Å². The molecule has 0 spiro atoms. The van der Waals surface area contributed by atoms with Gasteiger partial charge in [0.2, 0.25) is 0 Å². The van der Waals surface area contributed by atoms with Crippen LogP contribution in [0.1, 0.15) is 34.8 Å². The van der Waals surface area contributed by atoms with Crippen LogP contribution in [0, 0.1) is 21.4 Å². The van der Waals surface area contributed by atoms with Gasteiger partial charge in [0.15, 0.2) is 0 Å². The van der Waals surface area contributed by atoms with Crippen LogP contribution in [0.3, 0.4) is 0 Å². The van der Waals surface area contributed by atoms with Gasteiger partial charge in [0.1, 0.15) is 5.56 Å². The van der Waals surface area contributed by atoms with E-state index in [-0.39, 0.29) is 6.61 Å². The summed E-state index contributed by atoms with van der Waals surface area (Å²) < 4.78 is 30.0. The minimum atomic E-state index is -3.02. The SMILES string of the molecule is CCOC(=O)c1cc(C(F)F)c(C#N)cc1[N+](=O)[O-]. The molecule has 0 saturated carbocycles. The standard InChI is InChI=1S/C11H8F2N2O4/c1-2-19-11(16)8-4-7(10(12)13)6(5-14)3-9(8)15(17)18/h3-4,10H,2H2,1H3. The van der Waals surface area contributed by atoms with E-state index in [0.29, 0.717) is 12.1 Å². The minimum Gasteiger partial charge on any atom is -0.462 e. The predicted molar refractivity (Wildman–Crippen MR) is 58.7 cm³/mol. The van der Waals surface area contributed by atoms with Gasteiger partial charge >= 0.3 is 5.97 Å². The molecule has 0 radical (unpaired) electrons. The zero-order chi connectivity index (χ0) is 14.6. The second kappa shape index (κ2) is 5.86. The summed E-state index contributed by atoms with van der Waals surface area (Å²) in [6.07, 6.45) is -3.02. The van der Waals surface area contributed by atoms with Crippen molar-refractivity contribution in [2.24, 2.45) is 0 Å². The molecule has 19 heavy (non-hydrogen) atoms. The molecule has 100 valence electrons. The van der Waals surface area contributed by atoms with Crippen molar-refractivity contribution in [3.8, 4) is 6.07 Å². The van der Waals surface area contributed by atoms with Crippen molar-refractivity contribution >= 4 is 11.7 Å². The fraction of sp³-hybridized carbons (Fsp3) is 0.273. The molecule has 0 aliphatic rings. The Hall–Kier alpha value is -2.56. The molecular formula is C11H8F2N2O4. The van der Waals surface area contributed by atoms with Crippen molar-refractivity contribution in [2.75, 3.05) is 6.61 Å². The van der Waals surface area contributed by atoms with Crippen molar-refractivity contribution in [3.05, 3.63) is 38.9 Å². The van der Waals surface area contributed by atoms with Gasteiger partial charge in [-0.1, -0.05) is 0 Å². The summed E-state index contributed by atoms with van der Waals surface area (Å²) in [7, 11) is 0. The number of halogens is 2. The zero-order valence-corrected chi connectivity index (χ0v) is 9.72. The molecule has 0 atom stereocenters.